The largest absolute Gasteiger partial charge is 0.487 e. The third-order valence-corrected chi connectivity index (χ3v) is 2.69. The van der Waals surface area contributed by atoms with E-state index in [1.54, 1.807) is 12.1 Å². The number of carbonyl (C=O) groups is 1. The second kappa shape index (κ2) is 6.80. The number of hydrogen-bond donors (Lipinski definition) is 0. The molecule has 1 aromatic rings. The van der Waals surface area contributed by atoms with Crippen molar-refractivity contribution in [3.8, 4) is 5.75 Å². The van der Waals surface area contributed by atoms with Crippen molar-refractivity contribution < 1.29 is 9.53 Å². The summed E-state index contributed by atoms with van der Waals surface area (Å²) in [5.41, 5.74) is 1.01. The molecular weight excluding hydrogens is 220 g/mol. The Labute approximate surface area is 99.6 Å². The minimum absolute atomic E-state index is 0.438. The quantitative estimate of drug-likeness (QED) is 0.555. The Kier molecular flexibility index (Phi) is 5.29. The molecule has 1 rings (SSSR count). The van der Waals surface area contributed by atoms with Crippen molar-refractivity contribution >= 4 is 17.6 Å². The van der Waals surface area contributed by atoms with Crippen molar-refractivity contribution in [2.24, 2.45) is 0 Å². The zero-order chi connectivity index (χ0) is 11.8. The van der Waals surface area contributed by atoms with Crippen LogP contribution in [-0.4, -0.2) is 12.9 Å². The molecule has 0 atom stereocenters. The molecule has 1 heterocycles. The van der Waals surface area contributed by atoms with Gasteiger partial charge in [0.2, 0.25) is 0 Å². The number of rotatable bonds is 6. The van der Waals surface area contributed by atoms with Gasteiger partial charge < -0.3 is 4.74 Å². The fourth-order valence-electron chi connectivity index (χ4n) is 1.19. The second-order valence-electron chi connectivity index (χ2n) is 3.03. The van der Waals surface area contributed by atoms with Crippen LogP contribution in [-0.2, 0) is 0 Å². The van der Waals surface area contributed by atoms with E-state index >= 15 is 0 Å². The Morgan fingerprint density at radius 1 is 1.62 bits per heavy atom. The second-order valence-corrected chi connectivity index (χ2v) is 3.98. The van der Waals surface area contributed by atoms with Gasteiger partial charge in [0, 0.05) is 0 Å². The van der Waals surface area contributed by atoms with E-state index in [2.05, 4.69) is 6.58 Å². The maximum Gasteiger partial charge on any atom is 0.163 e. The zero-order valence-corrected chi connectivity index (χ0v) is 10.00. The van der Waals surface area contributed by atoms with Crippen LogP contribution in [0.25, 0.3) is 0 Å². The first-order valence-corrected chi connectivity index (χ1v) is 5.79. The molecule has 0 unspecified atom stereocenters. The molecule has 0 N–H and O–H groups in total. The van der Waals surface area contributed by atoms with Crippen molar-refractivity contribution in [1.29, 1.82) is 0 Å². The molecule has 16 heavy (non-hydrogen) atoms. The van der Waals surface area contributed by atoms with Crippen LogP contribution in [0.2, 0.25) is 0 Å². The predicted molar refractivity (Wildman–Crippen MR) is 68.3 cm³/mol. The summed E-state index contributed by atoms with van der Waals surface area (Å²) in [6.45, 7) is 6.02. The monoisotopic (exact) mass is 234 g/mol. The van der Waals surface area contributed by atoms with Gasteiger partial charge in [-0.1, -0.05) is 30.9 Å². The van der Waals surface area contributed by atoms with Crippen LogP contribution < -0.4 is 4.74 Å². The first kappa shape index (κ1) is 12.5. The van der Waals surface area contributed by atoms with Crippen LogP contribution in [0.4, 0.5) is 0 Å². The Balaban J connectivity index is 2.65. The summed E-state index contributed by atoms with van der Waals surface area (Å²) in [4.78, 5) is 11.3. The highest BCUT2D eigenvalue weighted by molar-refractivity contribution is 7.12. The standard InChI is InChI=1S/C13H14O2S/c1-3-5-11(6-4-2)10-15-12-7-8-16-13(12)9-14/h3-9H,1,10H2,2H3/b6-4-,11-5+. The minimum Gasteiger partial charge on any atom is -0.487 e. The van der Waals surface area contributed by atoms with E-state index in [0.29, 0.717) is 17.2 Å². The molecule has 0 saturated carbocycles. The van der Waals surface area contributed by atoms with Crippen LogP contribution in [0.3, 0.4) is 0 Å². The normalized spacial score (nSPS) is 11.7. The van der Waals surface area contributed by atoms with Gasteiger partial charge in [0.1, 0.15) is 17.2 Å². The molecule has 0 aliphatic heterocycles. The van der Waals surface area contributed by atoms with E-state index in [1.807, 2.05) is 30.5 Å². The van der Waals surface area contributed by atoms with Crippen LogP contribution in [0.15, 0.2) is 47.9 Å². The molecule has 0 amide bonds. The van der Waals surface area contributed by atoms with Crippen LogP contribution in [0, 0.1) is 0 Å². The lowest BCUT2D eigenvalue weighted by molar-refractivity contribution is 0.112. The highest BCUT2D eigenvalue weighted by atomic mass is 32.1. The third kappa shape index (κ3) is 3.51. The highest BCUT2D eigenvalue weighted by Gasteiger charge is 2.04. The van der Waals surface area contributed by atoms with E-state index in [-0.39, 0.29) is 0 Å². The van der Waals surface area contributed by atoms with Gasteiger partial charge in [-0.15, -0.1) is 11.3 Å². The molecule has 0 bridgehead atoms. The molecule has 0 aliphatic rings. The number of carbonyl (C=O) groups excluding carboxylic acids is 1. The topological polar surface area (TPSA) is 26.3 Å². The van der Waals surface area contributed by atoms with E-state index in [9.17, 15) is 4.79 Å². The van der Waals surface area contributed by atoms with Crippen LogP contribution >= 0.6 is 11.3 Å². The van der Waals surface area contributed by atoms with Crippen molar-refractivity contribution in [2.45, 2.75) is 6.92 Å². The number of thiophene rings is 1. The summed E-state index contributed by atoms with van der Waals surface area (Å²) in [6.07, 6.45) is 8.30. The van der Waals surface area contributed by atoms with E-state index < -0.39 is 0 Å². The van der Waals surface area contributed by atoms with Gasteiger partial charge in [-0.2, -0.15) is 0 Å². The lowest BCUT2D eigenvalue weighted by Crippen LogP contribution is -1.99. The molecule has 1 aromatic heterocycles. The average Bonchev–Trinajstić information content (AvgIpc) is 2.74. The van der Waals surface area contributed by atoms with Gasteiger partial charge in [-0.3, -0.25) is 4.79 Å². The first-order chi connectivity index (χ1) is 7.81. The SMILES string of the molecule is C=C/C=C(\C=C/C)COc1ccsc1C=O. The number of allylic oxidation sites excluding steroid dienone is 3. The number of aldehydes is 1. The van der Waals surface area contributed by atoms with Gasteiger partial charge in [-0.05, 0) is 23.9 Å². The van der Waals surface area contributed by atoms with E-state index in [0.717, 1.165) is 11.9 Å². The lowest BCUT2D eigenvalue weighted by Gasteiger charge is -2.05. The summed E-state index contributed by atoms with van der Waals surface area (Å²) < 4.78 is 5.55. The number of hydrogen-bond acceptors (Lipinski definition) is 3. The Morgan fingerprint density at radius 2 is 2.44 bits per heavy atom. The molecule has 0 spiro atoms. The average molecular weight is 234 g/mol. The van der Waals surface area contributed by atoms with Crippen molar-refractivity contribution in [3.05, 3.63) is 52.8 Å². The van der Waals surface area contributed by atoms with E-state index in [4.69, 9.17) is 4.74 Å². The predicted octanol–water partition coefficient (Wildman–Crippen LogP) is 3.63. The summed E-state index contributed by atoms with van der Waals surface area (Å²) >= 11 is 1.38. The van der Waals surface area contributed by atoms with Gasteiger partial charge in [0.15, 0.2) is 6.29 Å². The molecule has 0 radical (unpaired) electrons. The minimum atomic E-state index is 0.438. The Morgan fingerprint density at radius 3 is 3.06 bits per heavy atom. The van der Waals surface area contributed by atoms with Crippen molar-refractivity contribution in [1.82, 2.24) is 0 Å². The maximum absolute atomic E-state index is 10.7. The van der Waals surface area contributed by atoms with Gasteiger partial charge in [0.05, 0.1) is 0 Å². The first-order valence-electron chi connectivity index (χ1n) is 4.91. The molecule has 0 saturated heterocycles. The summed E-state index contributed by atoms with van der Waals surface area (Å²) in [7, 11) is 0. The number of ether oxygens (including phenoxy) is 1. The fraction of sp³-hybridized carbons (Fsp3) is 0.154. The van der Waals surface area contributed by atoms with Crippen molar-refractivity contribution in [2.75, 3.05) is 6.61 Å². The molecule has 3 heteroatoms. The maximum atomic E-state index is 10.7. The zero-order valence-electron chi connectivity index (χ0n) is 9.18. The smallest absolute Gasteiger partial charge is 0.163 e. The fourth-order valence-corrected chi connectivity index (χ4v) is 1.83. The van der Waals surface area contributed by atoms with Gasteiger partial charge in [-0.25, -0.2) is 0 Å². The molecule has 0 aliphatic carbocycles. The molecule has 0 aromatic carbocycles. The molecule has 84 valence electrons. The molecule has 0 fully saturated rings. The Hall–Kier alpha value is -1.61. The van der Waals surface area contributed by atoms with Gasteiger partial charge >= 0.3 is 0 Å². The lowest BCUT2D eigenvalue weighted by atomic mass is 10.2. The highest BCUT2D eigenvalue weighted by Crippen LogP contribution is 2.23. The van der Waals surface area contributed by atoms with E-state index in [1.165, 1.54) is 11.3 Å². The van der Waals surface area contributed by atoms with Crippen LogP contribution in [0.5, 0.6) is 5.75 Å². The third-order valence-electron chi connectivity index (χ3n) is 1.87. The molecular formula is C13H14O2S. The Bertz CT molecular complexity index is 413. The summed E-state index contributed by atoms with van der Waals surface area (Å²) in [5.74, 6) is 0.638. The summed E-state index contributed by atoms with van der Waals surface area (Å²) in [5, 5.41) is 1.84. The van der Waals surface area contributed by atoms with Crippen molar-refractivity contribution in [3.63, 3.8) is 0 Å². The summed E-state index contributed by atoms with van der Waals surface area (Å²) in [6, 6.07) is 1.80. The van der Waals surface area contributed by atoms with Crippen LogP contribution in [0.1, 0.15) is 16.6 Å². The van der Waals surface area contributed by atoms with Gasteiger partial charge in [0.25, 0.3) is 0 Å². The molecule has 2 nitrogen and oxygen atoms in total.